The van der Waals surface area contributed by atoms with E-state index in [4.69, 9.17) is 4.42 Å². The first kappa shape index (κ1) is 21.6. The maximum Gasteiger partial charge on any atom is 0.251 e. The van der Waals surface area contributed by atoms with Crippen LogP contribution in [-0.4, -0.2) is 24.3 Å². The van der Waals surface area contributed by atoms with Crippen molar-refractivity contribution in [2.24, 2.45) is 0 Å². The minimum atomic E-state index is -0.217. The summed E-state index contributed by atoms with van der Waals surface area (Å²) >= 11 is 0. The molecule has 0 bridgehead atoms. The number of amides is 3. The van der Waals surface area contributed by atoms with Gasteiger partial charge in [-0.1, -0.05) is 6.92 Å². The average Bonchev–Trinajstić information content (AvgIpc) is 3.31. The summed E-state index contributed by atoms with van der Waals surface area (Å²) in [5, 5.41) is 11.3. The van der Waals surface area contributed by atoms with Gasteiger partial charge in [0.25, 0.3) is 5.91 Å². The average molecular weight is 420 g/mol. The van der Waals surface area contributed by atoms with Crippen LogP contribution in [-0.2, 0) is 16.1 Å². The van der Waals surface area contributed by atoms with Gasteiger partial charge in [-0.05, 0) is 60.7 Å². The van der Waals surface area contributed by atoms with E-state index >= 15 is 0 Å². The van der Waals surface area contributed by atoms with Gasteiger partial charge < -0.3 is 25.7 Å². The first-order valence-electron chi connectivity index (χ1n) is 9.88. The van der Waals surface area contributed by atoms with Crippen LogP contribution in [0.3, 0.4) is 0 Å². The molecule has 2 aromatic carbocycles. The summed E-state index contributed by atoms with van der Waals surface area (Å²) in [5.41, 5.74) is 2.54. The van der Waals surface area contributed by atoms with Gasteiger partial charge in [0, 0.05) is 29.0 Å². The normalized spacial score (nSPS) is 10.2. The maximum atomic E-state index is 12.2. The van der Waals surface area contributed by atoms with Crippen LogP contribution in [0.15, 0.2) is 71.3 Å². The molecule has 3 aromatic rings. The minimum absolute atomic E-state index is 0.0676. The number of nitrogens with one attached hydrogen (secondary N) is 4. The fourth-order valence-electron chi connectivity index (χ4n) is 2.70. The summed E-state index contributed by atoms with van der Waals surface area (Å²) in [6.45, 7) is 2.16. The molecule has 3 rings (SSSR count). The van der Waals surface area contributed by atoms with Crippen LogP contribution in [0.25, 0.3) is 0 Å². The molecule has 0 fully saturated rings. The third-order valence-electron chi connectivity index (χ3n) is 4.38. The van der Waals surface area contributed by atoms with Crippen LogP contribution in [0.5, 0.6) is 0 Å². The van der Waals surface area contributed by atoms with Gasteiger partial charge in [-0.25, -0.2) is 0 Å². The van der Waals surface area contributed by atoms with Gasteiger partial charge in [0.2, 0.25) is 11.8 Å². The Morgan fingerprint density at radius 2 is 1.42 bits per heavy atom. The number of anilines is 3. The fraction of sp³-hybridized carbons (Fsp3) is 0.174. The van der Waals surface area contributed by atoms with Crippen LogP contribution in [0, 0.1) is 0 Å². The molecular weight excluding hydrogens is 396 g/mol. The molecule has 0 atom stereocenters. The van der Waals surface area contributed by atoms with Gasteiger partial charge in [-0.3, -0.25) is 14.4 Å². The lowest BCUT2D eigenvalue weighted by Gasteiger charge is -2.10. The molecule has 160 valence electrons. The maximum absolute atomic E-state index is 12.2. The fourth-order valence-corrected chi connectivity index (χ4v) is 2.70. The summed E-state index contributed by atoms with van der Waals surface area (Å²) in [6, 6.07) is 17.3. The molecule has 4 N–H and O–H groups in total. The van der Waals surface area contributed by atoms with Crippen LogP contribution < -0.4 is 21.3 Å². The molecule has 0 aliphatic carbocycles. The zero-order valence-electron chi connectivity index (χ0n) is 17.1. The highest BCUT2D eigenvalue weighted by molar-refractivity contribution is 5.96. The summed E-state index contributed by atoms with van der Waals surface area (Å²) in [7, 11) is 0. The van der Waals surface area contributed by atoms with Crippen molar-refractivity contribution >= 4 is 34.8 Å². The van der Waals surface area contributed by atoms with E-state index in [1.54, 1.807) is 73.9 Å². The third kappa shape index (κ3) is 6.74. The molecule has 0 aliphatic rings. The highest BCUT2D eigenvalue weighted by atomic mass is 16.3. The van der Waals surface area contributed by atoms with Gasteiger partial charge in [0.1, 0.15) is 5.76 Å². The molecule has 0 saturated carbocycles. The lowest BCUT2D eigenvalue weighted by Crippen LogP contribution is -2.23. The molecule has 0 spiro atoms. The SMILES string of the molecule is CCC(=O)Nc1ccc(NC(=O)CNc2ccc(C(=O)NCc3ccco3)cc2)cc1. The van der Waals surface area contributed by atoms with E-state index in [0.29, 0.717) is 35.7 Å². The van der Waals surface area contributed by atoms with Crippen molar-refractivity contribution in [3.63, 3.8) is 0 Å². The Morgan fingerprint density at radius 1 is 0.806 bits per heavy atom. The van der Waals surface area contributed by atoms with E-state index in [0.717, 1.165) is 5.69 Å². The Hall–Kier alpha value is -4.07. The second-order valence-corrected chi connectivity index (χ2v) is 6.72. The van der Waals surface area contributed by atoms with Crippen molar-refractivity contribution in [3.05, 3.63) is 78.3 Å². The number of hydrogen-bond donors (Lipinski definition) is 4. The predicted octanol–water partition coefficient (Wildman–Crippen LogP) is 3.61. The Labute approximate surface area is 180 Å². The second kappa shape index (κ2) is 10.6. The number of carbonyl (C=O) groups is 3. The van der Waals surface area contributed by atoms with Gasteiger partial charge in [-0.15, -0.1) is 0 Å². The topological polar surface area (TPSA) is 112 Å². The largest absolute Gasteiger partial charge is 0.467 e. The van der Waals surface area contributed by atoms with E-state index in [1.807, 2.05) is 0 Å². The highest BCUT2D eigenvalue weighted by Gasteiger charge is 2.07. The van der Waals surface area contributed by atoms with Gasteiger partial charge in [0.15, 0.2) is 0 Å². The van der Waals surface area contributed by atoms with Crippen molar-refractivity contribution in [1.82, 2.24) is 5.32 Å². The van der Waals surface area contributed by atoms with Crippen LogP contribution in [0.2, 0.25) is 0 Å². The third-order valence-corrected chi connectivity index (χ3v) is 4.38. The van der Waals surface area contributed by atoms with Crippen LogP contribution >= 0.6 is 0 Å². The zero-order chi connectivity index (χ0) is 22.1. The first-order valence-corrected chi connectivity index (χ1v) is 9.88. The Bertz CT molecular complexity index is 1010. The van der Waals surface area contributed by atoms with Gasteiger partial charge >= 0.3 is 0 Å². The predicted molar refractivity (Wildman–Crippen MR) is 119 cm³/mol. The number of furan rings is 1. The summed E-state index contributed by atoms with van der Waals surface area (Å²) in [4.78, 5) is 35.7. The lowest BCUT2D eigenvalue weighted by molar-refractivity contribution is -0.116. The van der Waals surface area contributed by atoms with Crippen molar-refractivity contribution in [2.45, 2.75) is 19.9 Å². The first-order chi connectivity index (χ1) is 15.0. The Balaban J connectivity index is 1.43. The minimum Gasteiger partial charge on any atom is -0.467 e. The van der Waals surface area contributed by atoms with Crippen molar-refractivity contribution in [2.75, 3.05) is 22.5 Å². The summed E-state index contributed by atoms with van der Waals surface area (Å²) < 4.78 is 5.18. The highest BCUT2D eigenvalue weighted by Crippen LogP contribution is 2.14. The molecular formula is C23H24N4O4. The molecule has 8 nitrogen and oxygen atoms in total. The van der Waals surface area contributed by atoms with E-state index in [9.17, 15) is 14.4 Å². The molecule has 1 heterocycles. The van der Waals surface area contributed by atoms with Crippen LogP contribution in [0.1, 0.15) is 29.5 Å². The van der Waals surface area contributed by atoms with Crippen molar-refractivity contribution in [1.29, 1.82) is 0 Å². The summed E-state index contributed by atoms with van der Waals surface area (Å²) in [5.74, 6) is 0.185. The molecule has 0 unspecified atom stereocenters. The Morgan fingerprint density at radius 3 is 2.00 bits per heavy atom. The number of benzene rings is 2. The van der Waals surface area contributed by atoms with Crippen LogP contribution in [0.4, 0.5) is 17.1 Å². The standard InChI is InChI=1S/C23H24N4O4/c1-2-21(28)26-18-9-11-19(12-10-18)27-22(29)15-24-17-7-5-16(6-8-17)23(30)25-14-20-4-3-13-31-20/h3-13,24H,2,14-15H2,1H3,(H,25,30)(H,26,28)(H,27,29). The molecule has 0 saturated heterocycles. The molecule has 0 radical (unpaired) electrons. The molecule has 0 aliphatic heterocycles. The smallest absolute Gasteiger partial charge is 0.251 e. The molecule has 3 amide bonds. The zero-order valence-corrected chi connectivity index (χ0v) is 17.1. The van der Waals surface area contributed by atoms with Gasteiger partial charge in [-0.2, -0.15) is 0 Å². The molecule has 1 aromatic heterocycles. The number of rotatable bonds is 9. The van der Waals surface area contributed by atoms with E-state index in [2.05, 4.69) is 21.3 Å². The number of hydrogen-bond acceptors (Lipinski definition) is 5. The number of carbonyl (C=O) groups excluding carboxylic acids is 3. The van der Waals surface area contributed by atoms with E-state index in [-0.39, 0.29) is 24.3 Å². The van der Waals surface area contributed by atoms with Gasteiger partial charge in [0.05, 0.1) is 19.4 Å². The molecule has 31 heavy (non-hydrogen) atoms. The second-order valence-electron chi connectivity index (χ2n) is 6.72. The lowest BCUT2D eigenvalue weighted by atomic mass is 10.2. The monoisotopic (exact) mass is 420 g/mol. The van der Waals surface area contributed by atoms with Crippen molar-refractivity contribution < 1.29 is 18.8 Å². The summed E-state index contributed by atoms with van der Waals surface area (Å²) in [6.07, 6.45) is 1.96. The van der Waals surface area contributed by atoms with E-state index < -0.39 is 0 Å². The quantitative estimate of drug-likeness (QED) is 0.422. The molecule has 8 heteroatoms. The Kier molecular flexibility index (Phi) is 7.42. The van der Waals surface area contributed by atoms with E-state index in [1.165, 1.54) is 0 Å². The van der Waals surface area contributed by atoms with Crippen molar-refractivity contribution in [3.8, 4) is 0 Å².